The van der Waals surface area contributed by atoms with E-state index in [4.69, 9.17) is 4.74 Å². The molecule has 130 valence electrons. The molecule has 0 saturated carbocycles. The van der Waals surface area contributed by atoms with Crippen LogP contribution < -0.4 is 0 Å². The standard InChI is InChI=1S/C19H36O3/c1-3-4-5-6-7-8-9-10-11-14-17-18(22-17)15-12-13-16-19(20)21-2/h17-18H,3-16H2,1-2H3/t17?,18-/m0/s1. The Morgan fingerprint density at radius 3 is 1.86 bits per heavy atom. The number of esters is 1. The van der Waals surface area contributed by atoms with Gasteiger partial charge < -0.3 is 9.47 Å². The summed E-state index contributed by atoms with van der Waals surface area (Å²) in [6.45, 7) is 2.27. The second kappa shape index (κ2) is 12.9. The molecular weight excluding hydrogens is 276 g/mol. The van der Waals surface area contributed by atoms with Crippen LogP contribution in [0.15, 0.2) is 0 Å². The van der Waals surface area contributed by atoms with Crippen molar-refractivity contribution in [3.05, 3.63) is 0 Å². The molecule has 0 aromatic heterocycles. The lowest BCUT2D eigenvalue weighted by atomic mass is 10.0. The Labute approximate surface area is 137 Å². The zero-order chi connectivity index (χ0) is 16.0. The highest BCUT2D eigenvalue weighted by molar-refractivity contribution is 5.68. The summed E-state index contributed by atoms with van der Waals surface area (Å²) in [6, 6.07) is 0. The van der Waals surface area contributed by atoms with Gasteiger partial charge in [0.2, 0.25) is 0 Å². The van der Waals surface area contributed by atoms with Crippen LogP contribution in [0.4, 0.5) is 0 Å². The molecule has 1 fully saturated rings. The van der Waals surface area contributed by atoms with E-state index in [1.165, 1.54) is 71.3 Å². The van der Waals surface area contributed by atoms with Gasteiger partial charge in [0, 0.05) is 6.42 Å². The molecule has 0 aliphatic carbocycles. The molecule has 22 heavy (non-hydrogen) atoms. The predicted octanol–water partition coefficient (Wildman–Crippen LogP) is 5.41. The molecule has 1 aliphatic rings. The zero-order valence-electron chi connectivity index (χ0n) is 14.8. The monoisotopic (exact) mass is 312 g/mol. The summed E-state index contributed by atoms with van der Waals surface area (Å²) in [5.74, 6) is -0.0945. The molecule has 0 aromatic rings. The SMILES string of the molecule is CCCCCCCCCCCC1O[C@H]1CCCCC(=O)OC. The van der Waals surface area contributed by atoms with Gasteiger partial charge in [-0.1, -0.05) is 71.1 Å². The van der Waals surface area contributed by atoms with Gasteiger partial charge in [-0.05, 0) is 19.3 Å². The Morgan fingerprint density at radius 2 is 1.32 bits per heavy atom. The normalized spacial score (nSPS) is 20.1. The summed E-state index contributed by atoms with van der Waals surface area (Å²) < 4.78 is 10.3. The quantitative estimate of drug-likeness (QED) is 0.230. The first-order valence-electron chi connectivity index (χ1n) is 9.50. The fraction of sp³-hybridized carbons (Fsp3) is 0.947. The molecule has 0 spiro atoms. The number of epoxide rings is 1. The Balaban J connectivity index is 1.77. The van der Waals surface area contributed by atoms with Crippen molar-refractivity contribution in [2.75, 3.05) is 7.11 Å². The highest BCUT2D eigenvalue weighted by Gasteiger charge is 2.36. The van der Waals surface area contributed by atoms with Gasteiger partial charge in [0.15, 0.2) is 0 Å². The van der Waals surface area contributed by atoms with Crippen LogP contribution in [0.3, 0.4) is 0 Å². The van der Waals surface area contributed by atoms with E-state index >= 15 is 0 Å². The van der Waals surface area contributed by atoms with Crippen LogP contribution in [0, 0.1) is 0 Å². The van der Waals surface area contributed by atoms with Gasteiger partial charge in [0.25, 0.3) is 0 Å². The molecule has 0 radical (unpaired) electrons. The van der Waals surface area contributed by atoms with Gasteiger partial charge in [-0.2, -0.15) is 0 Å². The number of hydrogen-bond acceptors (Lipinski definition) is 3. The first kappa shape index (κ1) is 19.5. The van der Waals surface area contributed by atoms with Gasteiger partial charge in [-0.25, -0.2) is 0 Å². The highest BCUT2D eigenvalue weighted by Crippen LogP contribution is 2.31. The topological polar surface area (TPSA) is 38.8 Å². The number of rotatable bonds is 15. The van der Waals surface area contributed by atoms with Gasteiger partial charge in [-0.3, -0.25) is 4.79 Å². The second-order valence-corrected chi connectivity index (χ2v) is 6.65. The van der Waals surface area contributed by atoms with E-state index in [2.05, 4.69) is 11.7 Å². The summed E-state index contributed by atoms with van der Waals surface area (Å²) in [5, 5.41) is 0. The summed E-state index contributed by atoms with van der Waals surface area (Å²) in [4.78, 5) is 11.0. The Kier molecular flexibility index (Phi) is 11.4. The van der Waals surface area contributed by atoms with Gasteiger partial charge in [0.05, 0.1) is 19.3 Å². The summed E-state index contributed by atoms with van der Waals surface area (Å²) >= 11 is 0. The van der Waals surface area contributed by atoms with Crippen molar-refractivity contribution in [2.45, 2.75) is 109 Å². The number of carbonyl (C=O) groups is 1. The number of ether oxygens (including phenoxy) is 2. The molecule has 0 amide bonds. The third kappa shape index (κ3) is 10.2. The molecule has 3 heteroatoms. The lowest BCUT2D eigenvalue weighted by molar-refractivity contribution is -0.140. The van der Waals surface area contributed by atoms with Crippen molar-refractivity contribution in [3.8, 4) is 0 Å². The Morgan fingerprint density at radius 1 is 0.818 bits per heavy atom. The van der Waals surface area contributed by atoms with Gasteiger partial charge >= 0.3 is 5.97 Å². The fourth-order valence-electron chi connectivity index (χ4n) is 3.06. The molecule has 1 aliphatic heterocycles. The van der Waals surface area contributed by atoms with E-state index in [1.807, 2.05) is 0 Å². The van der Waals surface area contributed by atoms with Crippen molar-refractivity contribution in [1.29, 1.82) is 0 Å². The zero-order valence-corrected chi connectivity index (χ0v) is 14.8. The first-order valence-corrected chi connectivity index (χ1v) is 9.50. The molecule has 3 nitrogen and oxygen atoms in total. The van der Waals surface area contributed by atoms with E-state index in [1.54, 1.807) is 0 Å². The lowest BCUT2D eigenvalue weighted by Crippen LogP contribution is -2.00. The lowest BCUT2D eigenvalue weighted by Gasteiger charge is -2.01. The maximum atomic E-state index is 11.0. The largest absolute Gasteiger partial charge is 0.469 e. The van der Waals surface area contributed by atoms with Crippen LogP contribution in [0.5, 0.6) is 0 Å². The first-order chi connectivity index (χ1) is 10.8. The summed E-state index contributed by atoms with van der Waals surface area (Å²) in [7, 11) is 1.45. The molecule has 1 rings (SSSR count). The van der Waals surface area contributed by atoms with E-state index in [0.29, 0.717) is 18.6 Å². The van der Waals surface area contributed by atoms with E-state index in [-0.39, 0.29) is 5.97 Å². The van der Waals surface area contributed by atoms with Crippen LogP contribution in [0.25, 0.3) is 0 Å². The van der Waals surface area contributed by atoms with Crippen molar-refractivity contribution in [3.63, 3.8) is 0 Å². The van der Waals surface area contributed by atoms with Crippen molar-refractivity contribution >= 4 is 5.97 Å². The average molecular weight is 312 g/mol. The number of hydrogen-bond donors (Lipinski definition) is 0. The van der Waals surface area contributed by atoms with E-state index < -0.39 is 0 Å². The van der Waals surface area contributed by atoms with Crippen molar-refractivity contribution in [2.24, 2.45) is 0 Å². The summed E-state index contributed by atoms with van der Waals surface area (Å²) in [5.41, 5.74) is 0. The van der Waals surface area contributed by atoms with Crippen LogP contribution in [0.1, 0.15) is 96.8 Å². The second-order valence-electron chi connectivity index (χ2n) is 6.65. The maximum Gasteiger partial charge on any atom is 0.305 e. The van der Waals surface area contributed by atoms with E-state index in [0.717, 1.165) is 19.3 Å². The Bertz CT molecular complexity index is 278. The van der Waals surface area contributed by atoms with Crippen LogP contribution in [0.2, 0.25) is 0 Å². The highest BCUT2D eigenvalue weighted by atomic mass is 16.6. The minimum absolute atomic E-state index is 0.0945. The summed E-state index contributed by atoms with van der Waals surface area (Å²) in [6.07, 6.45) is 18.4. The van der Waals surface area contributed by atoms with E-state index in [9.17, 15) is 4.79 Å². The maximum absolute atomic E-state index is 11.0. The van der Waals surface area contributed by atoms with Gasteiger partial charge in [0.1, 0.15) is 0 Å². The minimum Gasteiger partial charge on any atom is -0.469 e. The average Bonchev–Trinajstić information content (AvgIpc) is 3.28. The molecule has 1 unspecified atom stereocenters. The predicted molar refractivity (Wildman–Crippen MR) is 91.0 cm³/mol. The molecule has 0 N–H and O–H groups in total. The van der Waals surface area contributed by atoms with Crippen molar-refractivity contribution in [1.82, 2.24) is 0 Å². The molecule has 1 saturated heterocycles. The number of carbonyl (C=O) groups excluding carboxylic acids is 1. The molecule has 2 atom stereocenters. The fourth-order valence-corrected chi connectivity index (χ4v) is 3.06. The molecular formula is C19H36O3. The van der Waals surface area contributed by atoms with Crippen molar-refractivity contribution < 1.29 is 14.3 Å². The molecule has 0 bridgehead atoms. The third-order valence-electron chi connectivity index (χ3n) is 4.63. The van der Waals surface area contributed by atoms with Gasteiger partial charge in [-0.15, -0.1) is 0 Å². The third-order valence-corrected chi connectivity index (χ3v) is 4.63. The Hall–Kier alpha value is -0.570. The minimum atomic E-state index is -0.0945. The molecule has 0 aromatic carbocycles. The number of methoxy groups -OCH3 is 1. The smallest absolute Gasteiger partial charge is 0.305 e. The van der Waals surface area contributed by atoms with Crippen LogP contribution >= 0.6 is 0 Å². The van der Waals surface area contributed by atoms with Crippen LogP contribution in [-0.2, 0) is 14.3 Å². The number of unbranched alkanes of at least 4 members (excludes halogenated alkanes) is 9. The van der Waals surface area contributed by atoms with Crippen LogP contribution in [-0.4, -0.2) is 25.3 Å². The molecule has 1 heterocycles.